The largest absolute Gasteiger partial charge is 0.462 e. The van der Waals surface area contributed by atoms with Crippen LogP contribution in [0, 0.1) is 5.41 Å². The molecular weight excluding hydrogens is 196 g/mol. The van der Waals surface area contributed by atoms with Gasteiger partial charge in [-0.1, -0.05) is 20.4 Å². The molecule has 15 heavy (non-hydrogen) atoms. The van der Waals surface area contributed by atoms with Crippen molar-refractivity contribution in [3.05, 3.63) is 12.7 Å². The quantitative estimate of drug-likeness (QED) is 0.525. The first-order chi connectivity index (χ1) is 7.06. The van der Waals surface area contributed by atoms with E-state index in [4.69, 9.17) is 14.2 Å². The van der Waals surface area contributed by atoms with Crippen molar-refractivity contribution in [3.63, 3.8) is 0 Å². The van der Waals surface area contributed by atoms with E-state index in [9.17, 15) is 4.79 Å². The zero-order valence-electron chi connectivity index (χ0n) is 9.32. The van der Waals surface area contributed by atoms with E-state index in [2.05, 4.69) is 6.58 Å². The standard InChI is InChI=1S/C11H18O4/c1-4-9(12)15-8-11(2,3)10-13-6-5-7-14-10/h4,10H,1,5-8H2,2-3H3. The van der Waals surface area contributed by atoms with Crippen molar-refractivity contribution in [2.24, 2.45) is 5.41 Å². The molecule has 0 amide bonds. The first-order valence-corrected chi connectivity index (χ1v) is 5.08. The molecule has 1 fully saturated rings. The Kier molecular flexibility index (Phi) is 4.29. The second-order valence-corrected chi connectivity index (χ2v) is 4.23. The van der Waals surface area contributed by atoms with Crippen molar-refractivity contribution in [2.45, 2.75) is 26.6 Å². The van der Waals surface area contributed by atoms with Crippen molar-refractivity contribution in [2.75, 3.05) is 19.8 Å². The number of ether oxygens (including phenoxy) is 3. The van der Waals surface area contributed by atoms with Gasteiger partial charge in [-0.15, -0.1) is 0 Å². The molecule has 4 heteroatoms. The Bertz CT molecular complexity index is 229. The SMILES string of the molecule is C=CC(=O)OCC(C)(C)C1OCCCO1. The van der Waals surface area contributed by atoms with Crippen molar-refractivity contribution >= 4 is 5.97 Å². The van der Waals surface area contributed by atoms with Crippen LogP contribution in [0.1, 0.15) is 20.3 Å². The average Bonchev–Trinajstić information content (AvgIpc) is 2.27. The number of hydrogen-bond donors (Lipinski definition) is 0. The molecule has 1 rings (SSSR count). The van der Waals surface area contributed by atoms with E-state index in [1.165, 1.54) is 0 Å². The molecule has 0 N–H and O–H groups in total. The predicted octanol–water partition coefficient (Wildman–Crippen LogP) is 1.50. The second kappa shape index (κ2) is 5.28. The van der Waals surface area contributed by atoms with Gasteiger partial charge in [-0.05, 0) is 6.42 Å². The summed E-state index contributed by atoms with van der Waals surface area (Å²) in [7, 11) is 0. The number of rotatable bonds is 4. The molecule has 0 atom stereocenters. The Hall–Kier alpha value is -0.870. The van der Waals surface area contributed by atoms with E-state index in [1.54, 1.807) is 0 Å². The zero-order chi connectivity index (χ0) is 11.3. The van der Waals surface area contributed by atoms with E-state index in [0.29, 0.717) is 13.2 Å². The van der Waals surface area contributed by atoms with Crippen LogP contribution in [0.2, 0.25) is 0 Å². The number of hydrogen-bond acceptors (Lipinski definition) is 4. The van der Waals surface area contributed by atoms with E-state index in [0.717, 1.165) is 12.5 Å². The molecule has 0 radical (unpaired) electrons. The highest BCUT2D eigenvalue weighted by Crippen LogP contribution is 2.27. The lowest BCUT2D eigenvalue weighted by molar-refractivity contribution is -0.237. The maximum atomic E-state index is 10.9. The van der Waals surface area contributed by atoms with Gasteiger partial charge in [0.15, 0.2) is 6.29 Å². The van der Waals surface area contributed by atoms with Crippen molar-refractivity contribution < 1.29 is 19.0 Å². The fraction of sp³-hybridized carbons (Fsp3) is 0.727. The normalized spacial score (nSPS) is 18.5. The van der Waals surface area contributed by atoms with E-state index in [-0.39, 0.29) is 18.3 Å². The minimum Gasteiger partial charge on any atom is -0.462 e. The summed E-state index contributed by atoms with van der Waals surface area (Å²) in [6.07, 6.45) is 1.77. The molecule has 1 aliphatic rings. The lowest BCUT2D eigenvalue weighted by atomic mass is 9.93. The van der Waals surface area contributed by atoms with Crippen LogP contribution in [0.25, 0.3) is 0 Å². The van der Waals surface area contributed by atoms with E-state index in [1.807, 2.05) is 13.8 Å². The van der Waals surface area contributed by atoms with Crippen molar-refractivity contribution in [1.82, 2.24) is 0 Å². The molecule has 0 spiro atoms. The Morgan fingerprint density at radius 3 is 2.67 bits per heavy atom. The second-order valence-electron chi connectivity index (χ2n) is 4.23. The van der Waals surface area contributed by atoms with Gasteiger partial charge in [-0.3, -0.25) is 0 Å². The molecule has 1 aliphatic heterocycles. The summed E-state index contributed by atoms with van der Waals surface area (Å²) < 4.78 is 15.9. The Labute approximate surface area is 90.2 Å². The molecule has 1 heterocycles. The number of carbonyl (C=O) groups is 1. The van der Waals surface area contributed by atoms with Crippen LogP contribution >= 0.6 is 0 Å². The summed E-state index contributed by atoms with van der Waals surface area (Å²) in [5.41, 5.74) is -0.334. The molecule has 0 aliphatic carbocycles. The fourth-order valence-corrected chi connectivity index (χ4v) is 1.32. The Morgan fingerprint density at radius 2 is 2.13 bits per heavy atom. The monoisotopic (exact) mass is 214 g/mol. The lowest BCUT2D eigenvalue weighted by Gasteiger charge is -2.35. The van der Waals surface area contributed by atoms with Gasteiger partial charge in [-0.2, -0.15) is 0 Å². The van der Waals surface area contributed by atoms with Crippen LogP contribution in [0.3, 0.4) is 0 Å². The van der Waals surface area contributed by atoms with Crippen LogP contribution < -0.4 is 0 Å². The van der Waals surface area contributed by atoms with Gasteiger partial charge in [0.05, 0.1) is 13.2 Å². The smallest absolute Gasteiger partial charge is 0.330 e. The van der Waals surface area contributed by atoms with Crippen LogP contribution in [0.4, 0.5) is 0 Å². The van der Waals surface area contributed by atoms with E-state index < -0.39 is 5.97 Å². The summed E-state index contributed by atoms with van der Waals surface area (Å²) in [5.74, 6) is -0.418. The maximum absolute atomic E-state index is 10.9. The molecule has 0 aromatic heterocycles. The number of carbonyl (C=O) groups excluding carboxylic acids is 1. The van der Waals surface area contributed by atoms with Crippen molar-refractivity contribution in [3.8, 4) is 0 Å². The molecule has 0 bridgehead atoms. The highest BCUT2D eigenvalue weighted by Gasteiger charge is 2.34. The van der Waals surface area contributed by atoms with Gasteiger partial charge in [-0.25, -0.2) is 4.79 Å². The lowest BCUT2D eigenvalue weighted by Crippen LogP contribution is -2.41. The van der Waals surface area contributed by atoms with Crippen LogP contribution in [0.5, 0.6) is 0 Å². The van der Waals surface area contributed by atoms with Gasteiger partial charge >= 0.3 is 5.97 Å². The topological polar surface area (TPSA) is 44.8 Å². The van der Waals surface area contributed by atoms with Gasteiger partial charge in [0.1, 0.15) is 6.61 Å². The minimum absolute atomic E-state index is 0.266. The Balaban J connectivity index is 2.41. The summed E-state index contributed by atoms with van der Waals surface area (Å²) in [6.45, 7) is 8.89. The third kappa shape index (κ3) is 3.64. The van der Waals surface area contributed by atoms with Gasteiger partial charge < -0.3 is 14.2 Å². The highest BCUT2D eigenvalue weighted by atomic mass is 16.7. The van der Waals surface area contributed by atoms with E-state index >= 15 is 0 Å². The molecule has 0 unspecified atom stereocenters. The molecule has 0 aromatic rings. The van der Waals surface area contributed by atoms with Gasteiger partial charge in [0, 0.05) is 11.5 Å². The average molecular weight is 214 g/mol. The van der Waals surface area contributed by atoms with Crippen LogP contribution in [0.15, 0.2) is 12.7 Å². The first kappa shape index (κ1) is 12.2. The zero-order valence-corrected chi connectivity index (χ0v) is 9.32. The molecular formula is C11H18O4. The van der Waals surface area contributed by atoms with Crippen LogP contribution in [-0.4, -0.2) is 32.1 Å². The first-order valence-electron chi connectivity index (χ1n) is 5.08. The third-order valence-electron chi connectivity index (χ3n) is 2.22. The molecule has 4 nitrogen and oxygen atoms in total. The molecule has 1 saturated heterocycles. The fourth-order valence-electron chi connectivity index (χ4n) is 1.32. The minimum atomic E-state index is -0.418. The summed E-state index contributed by atoms with van der Waals surface area (Å²) >= 11 is 0. The molecule has 0 aromatic carbocycles. The van der Waals surface area contributed by atoms with Crippen molar-refractivity contribution in [1.29, 1.82) is 0 Å². The summed E-state index contributed by atoms with van der Waals surface area (Å²) in [6, 6.07) is 0. The highest BCUT2D eigenvalue weighted by molar-refractivity contribution is 5.81. The summed E-state index contributed by atoms with van der Waals surface area (Å²) in [5, 5.41) is 0. The maximum Gasteiger partial charge on any atom is 0.330 e. The van der Waals surface area contributed by atoms with Crippen LogP contribution in [-0.2, 0) is 19.0 Å². The summed E-state index contributed by atoms with van der Waals surface area (Å²) in [4.78, 5) is 10.9. The molecule has 0 saturated carbocycles. The van der Waals surface area contributed by atoms with Gasteiger partial charge in [0.25, 0.3) is 0 Å². The Morgan fingerprint density at radius 1 is 1.53 bits per heavy atom. The number of esters is 1. The molecule has 86 valence electrons. The third-order valence-corrected chi connectivity index (χ3v) is 2.22. The predicted molar refractivity (Wildman–Crippen MR) is 55.2 cm³/mol. The van der Waals surface area contributed by atoms with Gasteiger partial charge in [0.2, 0.25) is 0 Å².